The number of carbonyl (C=O) groups excluding carboxylic acids is 2. The van der Waals surface area contributed by atoms with E-state index in [4.69, 9.17) is 4.74 Å². The minimum atomic E-state index is -0.876. The molecule has 1 saturated heterocycles. The third-order valence-corrected chi connectivity index (χ3v) is 3.96. The molecule has 0 aliphatic carbocycles. The van der Waals surface area contributed by atoms with Crippen LogP contribution in [0.5, 0.6) is 0 Å². The van der Waals surface area contributed by atoms with Gasteiger partial charge in [0.25, 0.3) is 0 Å². The summed E-state index contributed by atoms with van der Waals surface area (Å²) in [5, 5.41) is 11.7. The van der Waals surface area contributed by atoms with Gasteiger partial charge in [0.2, 0.25) is 11.9 Å². The molecule has 2 N–H and O–H groups in total. The number of anilines is 1. The molecule has 1 fully saturated rings. The van der Waals surface area contributed by atoms with Crippen LogP contribution < -0.4 is 11.0 Å². The number of aromatic nitrogens is 3. The summed E-state index contributed by atoms with van der Waals surface area (Å²) in [5.41, 5.74) is 0.165. The van der Waals surface area contributed by atoms with E-state index in [9.17, 15) is 19.5 Å². The Morgan fingerprint density at radius 3 is 2.84 bits per heavy atom. The van der Waals surface area contributed by atoms with E-state index in [1.165, 1.54) is 10.6 Å². The molecule has 132 valence electrons. The highest BCUT2D eigenvalue weighted by molar-refractivity contribution is 5.90. The Bertz CT molecular complexity index is 892. The zero-order chi connectivity index (χ0) is 18.1. The average molecular weight is 346 g/mol. The number of pyridine rings is 1. The Balaban J connectivity index is 2.05. The fourth-order valence-corrected chi connectivity index (χ4v) is 2.59. The molecule has 0 aromatic carbocycles. The van der Waals surface area contributed by atoms with Crippen molar-refractivity contribution >= 4 is 23.3 Å². The van der Waals surface area contributed by atoms with E-state index in [1.54, 1.807) is 26.0 Å². The number of Topliss-reactive ketones (excluding diaryl/α,β-unsaturated/α-hetero) is 1. The van der Waals surface area contributed by atoms with E-state index in [0.717, 1.165) is 0 Å². The van der Waals surface area contributed by atoms with Gasteiger partial charge in [-0.05, 0) is 6.07 Å². The predicted molar refractivity (Wildman–Crippen MR) is 87.0 cm³/mol. The Hall–Kier alpha value is -2.65. The Morgan fingerprint density at radius 1 is 1.44 bits per heavy atom. The van der Waals surface area contributed by atoms with E-state index < -0.39 is 24.5 Å². The van der Waals surface area contributed by atoms with Crippen molar-refractivity contribution in [2.45, 2.75) is 32.5 Å². The molecule has 9 heteroatoms. The number of amides is 1. The fourth-order valence-electron chi connectivity index (χ4n) is 2.59. The van der Waals surface area contributed by atoms with Gasteiger partial charge in [-0.2, -0.15) is 9.97 Å². The summed E-state index contributed by atoms with van der Waals surface area (Å²) >= 11 is 0. The summed E-state index contributed by atoms with van der Waals surface area (Å²) < 4.78 is 6.78. The van der Waals surface area contributed by atoms with Gasteiger partial charge in [0, 0.05) is 24.1 Å². The minimum Gasteiger partial charge on any atom is -0.393 e. The van der Waals surface area contributed by atoms with Crippen molar-refractivity contribution in [3.63, 3.8) is 0 Å². The number of ether oxygens (including phenoxy) is 1. The maximum atomic E-state index is 12.2. The molecular weight excluding hydrogens is 328 g/mol. The van der Waals surface area contributed by atoms with Gasteiger partial charge in [0.1, 0.15) is 6.10 Å². The lowest BCUT2D eigenvalue weighted by Gasteiger charge is -2.14. The maximum absolute atomic E-state index is 12.2. The maximum Gasteiger partial charge on any atom is 0.356 e. The lowest BCUT2D eigenvalue weighted by atomic mass is 10.1. The van der Waals surface area contributed by atoms with E-state index >= 15 is 0 Å². The van der Waals surface area contributed by atoms with Gasteiger partial charge in [-0.3, -0.25) is 19.3 Å². The van der Waals surface area contributed by atoms with E-state index in [-0.39, 0.29) is 35.6 Å². The van der Waals surface area contributed by atoms with Crippen LogP contribution in [0.2, 0.25) is 0 Å². The molecule has 3 heterocycles. The van der Waals surface area contributed by atoms with Crippen LogP contribution in [0.25, 0.3) is 5.65 Å². The summed E-state index contributed by atoms with van der Waals surface area (Å²) in [6.07, 6.45) is 0.0782. The summed E-state index contributed by atoms with van der Waals surface area (Å²) in [6.45, 7) is 3.02. The van der Waals surface area contributed by atoms with Crippen LogP contribution in [-0.4, -0.2) is 43.9 Å². The molecule has 3 rings (SSSR count). The van der Waals surface area contributed by atoms with E-state index in [1.807, 2.05) is 0 Å². The number of carbonyl (C=O) groups is 2. The lowest BCUT2D eigenvalue weighted by molar-refractivity contribution is -0.124. The number of nitrogens with one attached hydrogen (secondary N) is 1. The number of hydrogen-bond acceptors (Lipinski definition) is 7. The van der Waals surface area contributed by atoms with Crippen molar-refractivity contribution in [1.29, 1.82) is 0 Å². The van der Waals surface area contributed by atoms with Crippen molar-refractivity contribution in [2.75, 3.05) is 11.9 Å². The second-order valence-corrected chi connectivity index (χ2v) is 6.10. The van der Waals surface area contributed by atoms with Crippen molar-refractivity contribution < 1.29 is 19.4 Å². The standard InChI is InChI=1S/C16H18N4O5/c1-8(2)14(23)18-15-17-13-9(4-3-5-20(13)16(24)19-15)11-6-10(22)12(7-21)25-11/h3-5,8,11-12,21H,6-7H2,1-2H3,(H,18,19,23,24)/t11-,12-/m1/s1. The SMILES string of the molecule is CC(C)C(=O)Nc1nc(=O)n2cccc([C@H]3CC(=O)[C@@H](CO)O3)c2n1. The molecule has 25 heavy (non-hydrogen) atoms. The highest BCUT2D eigenvalue weighted by atomic mass is 16.5. The molecule has 1 aliphatic heterocycles. The van der Waals surface area contributed by atoms with E-state index in [0.29, 0.717) is 5.56 Å². The summed E-state index contributed by atoms with van der Waals surface area (Å²) in [5.74, 6) is -0.911. The first-order valence-corrected chi connectivity index (χ1v) is 7.90. The Kier molecular flexibility index (Phi) is 4.60. The smallest absolute Gasteiger partial charge is 0.356 e. The molecule has 2 aromatic heterocycles. The van der Waals surface area contributed by atoms with E-state index in [2.05, 4.69) is 15.3 Å². The first-order chi connectivity index (χ1) is 11.9. The largest absolute Gasteiger partial charge is 0.393 e. The third-order valence-electron chi connectivity index (χ3n) is 3.96. The van der Waals surface area contributed by atoms with Crippen LogP contribution in [0.3, 0.4) is 0 Å². The number of hydrogen-bond donors (Lipinski definition) is 2. The Morgan fingerprint density at radius 2 is 2.20 bits per heavy atom. The number of fused-ring (bicyclic) bond motifs is 1. The number of rotatable bonds is 4. The first kappa shape index (κ1) is 17.2. The van der Waals surface area contributed by atoms with Crippen LogP contribution in [0.15, 0.2) is 23.1 Å². The summed E-state index contributed by atoms with van der Waals surface area (Å²) in [6, 6.07) is 3.31. The topological polar surface area (TPSA) is 123 Å². The van der Waals surface area contributed by atoms with Crippen LogP contribution in [0.1, 0.15) is 31.9 Å². The van der Waals surface area contributed by atoms with Gasteiger partial charge in [-0.15, -0.1) is 0 Å². The molecule has 0 spiro atoms. The van der Waals surface area contributed by atoms with Crippen molar-refractivity contribution in [3.05, 3.63) is 34.4 Å². The van der Waals surface area contributed by atoms with Crippen molar-refractivity contribution in [1.82, 2.24) is 14.4 Å². The van der Waals surface area contributed by atoms with Crippen LogP contribution in [0, 0.1) is 5.92 Å². The molecule has 9 nitrogen and oxygen atoms in total. The molecule has 1 amide bonds. The number of nitrogens with zero attached hydrogens (tertiary/aromatic N) is 3. The van der Waals surface area contributed by atoms with Crippen molar-refractivity contribution in [2.24, 2.45) is 5.92 Å². The van der Waals surface area contributed by atoms with Gasteiger partial charge in [0.05, 0.1) is 12.7 Å². The van der Waals surface area contributed by atoms with Crippen LogP contribution in [-0.2, 0) is 14.3 Å². The predicted octanol–water partition coefficient (Wildman–Crippen LogP) is 0.0754. The van der Waals surface area contributed by atoms with Crippen molar-refractivity contribution in [3.8, 4) is 0 Å². The summed E-state index contributed by atoms with van der Waals surface area (Å²) in [7, 11) is 0. The quantitative estimate of drug-likeness (QED) is 0.803. The third kappa shape index (κ3) is 3.28. The minimum absolute atomic E-state index is 0.0801. The summed E-state index contributed by atoms with van der Waals surface area (Å²) in [4.78, 5) is 43.9. The molecule has 1 aliphatic rings. The second kappa shape index (κ2) is 6.69. The zero-order valence-corrected chi connectivity index (χ0v) is 13.8. The molecule has 2 atom stereocenters. The lowest BCUT2D eigenvalue weighted by Crippen LogP contribution is -2.26. The number of aliphatic hydroxyl groups is 1. The Labute approximate surface area is 142 Å². The van der Waals surface area contributed by atoms with Crippen LogP contribution in [0.4, 0.5) is 5.95 Å². The average Bonchev–Trinajstić information content (AvgIpc) is 2.95. The van der Waals surface area contributed by atoms with Crippen LogP contribution >= 0.6 is 0 Å². The second-order valence-electron chi connectivity index (χ2n) is 6.10. The number of ketones is 1. The zero-order valence-electron chi connectivity index (χ0n) is 13.8. The normalized spacial score (nSPS) is 20.4. The van der Waals surface area contributed by atoms with Gasteiger partial charge in [-0.25, -0.2) is 4.79 Å². The van der Waals surface area contributed by atoms with Gasteiger partial charge >= 0.3 is 5.69 Å². The monoisotopic (exact) mass is 346 g/mol. The number of aliphatic hydroxyl groups excluding tert-OH is 1. The first-order valence-electron chi connectivity index (χ1n) is 7.90. The van der Waals surface area contributed by atoms with Gasteiger partial charge < -0.3 is 9.84 Å². The van der Waals surface area contributed by atoms with Gasteiger partial charge in [0.15, 0.2) is 11.4 Å². The molecule has 0 unspecified atom stereocenters. The highest BCUT2D eigenvalue weighted by Gasteiger charge is 2.35. The highest BCUT2D eigenvalue weighted by Crippen LogP contribution is 2.32. The molecular formula is C16H18N4O5. The molecule has 2 aromatic rings. The fraction of sp³-hybridized carbons (Fsp3) is 0.438. The molecule has 0 radical (unpaired) electrons. The molecule has 0 saturated carbocycles. The molecule has 0 bridgehead atoms. The van der Waals surface area contributed by atoms with Gasteiger partial charge in [-0.1, -0.05) is 19.9 Å².